The van der Waals surface area contributed by atoms with Crippen LogP contribution in [0, 0.1) is 0 Å². The summed E-state index contributed by atoms with van der Waals surface area (Å²) < 4.78 is 0. The van der Waals surface area contributed by atoms with Crippen molar-refractivity contribution in [2.24, 2.45) is 0 Å². The highest BCUT2D eigenvalue weighted by molar-refractivity contribution is 8.00. The van der Waals surface area contributed by atoms with Gasteiger partial charge in [-0.1, -0.05) is 26.0 Å². The van der Waals surface area contributed by atoms with E-state index in [1.807, 2.05) is 12.1 Å². The minimum Gasteiger partial charge on any atom is -0.481 e. The molecule has 2 rings (SSSR count). The van der Waals surface area contributed by atoms with E-state index < -0.39 is 5.97 Å². The summed E-state index contributed by atoms with van der Waals surface area (Å²) in [6.45, 7) is 4.99. The maximum Gasteiger partial charge on any atom is 0.305 e. The lowest BCUT2D eigenvalue weighted by molar-refractivity contribution is -0.139. The van der Waals surface area contributed by atoms with E-state index in [1.165, 1.54) is 17.3 Å². The van der Waals surface area contributed by atoms with Crippen molar-refractivity contribution < 1.29 is 14.7 Å². The van der Waals surface area contributed by atoms with Gasteiger partial charge in [-0.05, 0) is 36.5 Å². The molecule has 1 saturated heterocycles. The van der Waals surface area contributed by atoms with Crippen LogP contribution in [0.5, 0.6) is 0 Å². The molecule has 1 amide bonds. The normalized spacial score (nSPS) is 18.0. The zero-order chi connectivity index (χ0) is 16.1. The Morgan fingerprint density at radius 1 is 1.32 bits per heavy atom. The summed E-state index contributed by atoms with van der Waals surface area (Å²) in [4.78, 5) is 26.0. The van der Waals surface area contributed by atoms with Gasteiger partial charge in [-0.2, -0.15) is 0 Å². The summed E-state index contributed by atoms with van der Waals surface area (Å²) in [7, 11) is 0. The Hall–Kier alpha value is -1.49. The highest BCUT2D eigenvalue weighted by Gasteiger charge is 2.30. The number of amides is 1. The number of carboxylic acid groups (broad SMARTS) is 1. The molecule has 120 valence electrons. The molecule has 1 aliphatic heterocycles. The second-order valence-electron chi connectivity index (χ2n) is 5.99. The van der Waals surface area contributed by atoms with Gasteiger partial charge in [-0.25, -0.2) is 0 Å². The SMILES string of the molecule is CC(C)c1ccc(SCC(=O)N2CCCC2CC(=O)O)cc1. The van der Waals surface area contributed by atoms with Gasteiger partial charge in [0.2, 0.25) is 5.91 Å². The first-order valence-electron chi connectivity index (χ1n) is 7.71. The Kier molecular flexibility index (Phi) is 5.89. The minimum atomic E-state index is -0.832. The fourth-order valence-electron chi connectivity index (χ4n) is 2.75. The summed E-state index contributed by atoms with van der Waals surface area (Å²) in [6, 6.07) is 8.16. The van der Waals surface area contributed by atoms with Crippen molar-refractivity contribution in [3.8, 4) is 0 Å². The van der Waals surface area contributed by atoms with Crippen molar-refractivity contribution in [2.45, 2.75) is 50.0 Å². The van der Waals surface area contributed by atoms with E-state index >= 15 is 0 Å². The molecule has 4 nitrogen and oxygen atoms in total. The molecule has 22 heavy (non-hydrogen) atoms. The van der Waals surface area contributed by atoms with Crippen LogP contribution in [-0.4, -0.2) is 40.2 Å². The smallest absolute Gasteiger partial charge is 0.305 e. The first-order chi connectivity index (χ1) is 10.5. The molecule has 1 unspecified atom stereocenters. The summed E-state index contributed by atoms with van der Waals surface area (Å²) in [5.41, 5.74) is 1.29. The van der Waals surface area contributed by atoms with E-state index in [0.717, 1.165) is 17.7 Å². The Labute approximate surface area is 135 Å². The highest BCUT2D eigenvalue weighted by Crippen LogP contribution is 2.25. The standard InChI is InChI=1S/C17H23NO3S/c1-12(2)13-5-7-15(8-6-13)22-11-16(19)18-9-3-4-14(18)10-17(20)21/h5-8,12,14H,3-4,9-11H2,1-2H3,(H,20,21). The Bertz CT molecular complexity index is 527. The van der Waals surface area contributed by atoms with E-state index in [1.54, 1.807) is 4.90 Å². The molecule has 1 fully saturated rings. The van der Waals surface area contributed by atoms with Crippen molar-refractivity contribution in [1.29, 1.82) is 0 Å². The highest BCUT2D eigenvalue weighted by atomic mass is 32.2. The Balaban J connectivity index is 1.87. The second kappa shape index (κ2) is 7.68. The second-order valence-corrected chi connectivity index (χ2v) is 7.04. The van der Waals surface area contributed by atoms with Gasteiger partial charge in [0.1, 0.15) is 0 Å². The molecule has 5 heteroatoms. The van der Waals surface area contributed by atoms with E-state index in [2.05, 4.69) is 26.0 Å². The lowest BCUT2D eigenvalue weighted by Crippen LogP contribution is -2.37. The predicted molar refractivity (Wildman–Crippen MR) is 88.2 cm³/mol. The van der Waals surface area contributed by atoms with Gasteiger partial charge in [0.15, 0.2) is 0 Å². The van der Waals surface area contributed by atoms with Crippen molar-refractivity contribution in [1.82, 2.24) is 4.90 Å². The third-order valence-corrected chi connectivity index (χ3v) is 5.01. The molecule has 1 aromatic carbocycles. The van der Waals surface area contributed by atoms with Crippen LogP contribution >= 0.6 is 11.8 Å². The van der Waals surface area contributed by atoms with Crippen molar-refractivity contribution in [3.05, 3.63) is 29.8 Å². The predicted octanol–water partition coefficient (Wildman–Crippen LogP) is 3.37. The zero-order valence-electron chi connectivity index (χ0n) is 13.1. The number of thioether (sulfide) groups is 1. The molecule has 1 heterocycles. The van der Waals surface area contributed by atoms with Gasteiger partial charge in [-0.3, -0.25) is 9.59 Å². The van der Waals surface area contributed by atoms with E-state index in [-0.39, 0.29) is 18.4 Å². The number of benzene rings is 1. The number of hydrogen-bond acceptors (Lipinski definition) is 3. The van der Waals surface area contributed by atoms with Gasteiger partial charge in [0.05, 0.1) is 12.2 Å². The van der Waals surface area contributed by atoms with E-state index in [9.17, 15) is 9.59 Å². The van der Waals surface area contributed by atoms with Gasteiger partial charge in [0, 0.05) is 17.5 Å². The lowest BCUT2D eigenvalue weighted by atomic mass is 10.0. The van der Waals surface area contributed by atoms with Crippen LogP contribution in [0.2, 0.25) is 0 Å². The lowest BCUT2D eigenvalue weighted by Gasteiger charge is -2.23. The molecule has 0 aliphatic carbocycles. The summed E-state index contributed by atoms with van der Waals surface area (Å²) in [5.74, 6) is 0.0855. The van der Waals surface area contributed by atoms with E-state index in [4.69, 9.17) is 5.11 Å². The summed E-state index contributed by atoms with van der Waals surface area (Å²) in [6.07, 6.45) is 1.75. The molecule has 1 aliphatic rings. The fraction of sp³-hybridized carbons (Fsp3) is 0.529. The molecule has 0 spiro atoms. The molecule has 1 aromatic rings. The number of aliphatic carboxylic acids is 1. The molecular weight excluding hydrogens is 298 g/mol. The van der Waals surface area contributed by atoms with Gasteiger partial charge in [0.25, 0.3) is 0 Å². The molecule has 0 bridgehead atoms. The van der Waals surface area contributed by atoms with Gasteiger partial charge in [-0.15, -0.1) is 11.8 Å². The average molecular weight is 321 g/mol. The summed E-state index contributed by atoms with van der Waals surface area (Å²) >= 11 is 1.52. The van der Waals surface area contributed by atoms with Crippen LogP contribution in [0.1, 0.15) is 44.6 Å². The van der Waals surface area contributed by atoms with Crippen LogP contribution in [-0.2, 0) is 9.59 Å². The van der Waals surface area contributed by atoms with Crippen LogP contribution in [0.15, 0.2) is 29.2 Å². The van der Waals surface area contributed by atoms with Crippen LogP contribution in [0.4, 0.5) is 0 Å². The number of hydrogen-bond donors (Lipinski definition) is 1. The Morgan fingerprint density at radius 3 is 2.59 bits per heavy atom. The maximum absolute atomic E-state index is 12.3. The number of rotatable bonds is 6. The molecule has 0 aromatic heterocycles. The first-order valence-corrected chi connectivity index (χ1v) is 8.70. The van der Waals surface area contributed by atoms with Crippen LogP contribution in [0.3, 0.4) is 0 Å². The number of carbonyl (C=O) groups excluding carboxylic acids is 1. The average Bonchev–Trinajstić information content (AvgIpc) is 2.92. The Morgan fingerprint density at radius 2 is 2.00 bits per heavy atom. The third kappa shape index (κ3) is 4.50. The van der Waals surface area contributed by atoms with Crippen LogP contribution in [0.25, 0.3) is 0 Å². The third-order valence-electron chi connectivity index (χ3n) is 4.02. The molecular formula is C17H23NO3S. The fourth-order valence-corrected chi connectivity index (χ4v) is 3.54. The minimum absolute atomic E-state index is 0.0432. The molecule has 0 radical (unpaired) electrons. The van der Waals surface area contributed by atoms with Crippen molar-refractivity contribution in [2.75, 3.05) is 12.3 Å². The molecule has 1 N–H and O–H groups in total. The summed E-state index contributed by atoms with van der Waals surface area (Å²) in [5, 5.41) is 8.91. The number of nitrogens with zero attached hydrogens (tertiary/aromatic N) is 1. The topological polar surface area (TPSA) is 57.6 Å². The maximum atomic E-state index is 12.3. The van der Waals surface area contributed by atoms with Crippen molar-refractivity contribution in [3.63, 3.8) is 0 Å². The molecule has 0 saturated carbocycles. The van der Waals surface area contributed by atoms with Crippen LogP contribution < -0.4 is 0 Å². The quantitative estimate of drug-likeness (QED) is 0.816. The van der Waals surface area contributed by atoms with E-state index in [0.29, 0.717) is 18.2 Å². The zero-order valence-corrected chi connectivity index (χ0v) is 13.9. The largest absolute Gasteiger partial charge is 0.481 e. The van der Waals surface area contributed by atoms with Gasteiger partial charge < -0.3 is 10.0 Å². The van der Waals surface area contributed by atoms with Crippen molar-refractivity contribution >= 4 is 23.6 Å². The molecule has 1 atom stereocenters. The first kappa shape index (κ1) is 16.9. The monoisotopic (exact) mass is 321 g/mol. The number of carbonyl (C=O) groups is 2. The number of carboxylic acids is 1. The van der Waals surface area contributed by atoms with Gasteiger partial charge >= 0.3 is 5.97 Å². The number of likely N-dealkylation sites (tertiary alicyclic amines) is 1.